The molecular weight excluding hydrogens is 389 g/mol. The van der Waals surface area contributed by atoms with Gasteiger partial charge in [-0.05, 0) is 49.4 Å². The Bertz CT molecular complexity index is 984. The maximum atomic E-state index is 12.4. The number of benzene rings is 2. The van der Waals surface area contributed by atoms with Crippen molar-refractivity contribution in [1.82, 2.24) is 9.78 Å². The first kappa shape index (κ1) is 18.9. The first-order chi connectivity index (χ1) is 13.0. The Balaban J connectivity index is 1.73. The lowest BCUT2D eigenvalue weighted by Gasteiger charge is -2.08. The summed E-state index contributed by atoms with van der Waals surface area (Å²) in [4.78, 5) is 24.0. The largest absolute Gasteiger partial charge is 0.461 e. The van der Waals surface area contributed by atoms with Gasteiger partial charge < -0.3 is 10.1 Å². The summed E-state index contributed by atoms with van der Waals surface area (Å²) in [5.74, 6) is -0.836. The van der Waals surface area contributed by atoms with Gasteiger partial charge in [0.1, 0.15) is 0 Å². The van der Waals surface area contributed by atoms with Crippen LogP contribution in [0.4, 0.5) is 5.69 Å². The van der Waals surface area contributed by atoms with Crippen molar-refractivity contribution in [3.05, 3.63) is 76.0 Å². The molecule has 0 saturated heterocycles. The number of halogens is 2. The van der Waals surface area contributed by atoms with E-state index < -0.39 is 5.97 Å². The predicted octanol–water partition coefficient (Wildman–Crippen LogP) is 4.61. The van der Waals surface area contributed by atoms with E-state index in [0.717, 1.165) is 5.69 Å². The van der Waals surface area contributed by atoms with Gasteiger partial charge in [-0.1, -0.05) is 29.3 Å². The molecule has 3 aromatic rings. The van der Waals surface area contributed by atoms with E-state index in [4.69, 9.17) is 27.9 Å². The highest BCUT2D eigenvalue weighted by Crippen LogP contribution is 2.26. The van der Waals surface area contributed by atoms with Gasteiger partial charge in [0.25, 0.3) is 5.91 Å². The smallest absolute Gasteiger partial charge is 0.358 e. The van der Waals surface area contributed by atoms with E-state index in [1.807, 2.05) is 0 Å². The van der Waals surface area contributed by atoms with E-state index in [1.54, 1.807) is 66.3 Å². The zero-order chi connectivity index (χ0) is 19.4. The van der Waals surface area contributed by atoms with Gasteiger partial charge >= 0.3 is 5.97 Å². The van der Waals surface area contributed by atoms with Crippen LogP contribution in [-0.2, 0) is 4.74 Å². The fraction of sp³-hybridized carbons (Fsp3) is 0.105. The molecular formula is C19H15Cl2N3O3. The highest BCUT2D eigenvalue weighted by Gasteiger charge is 2.13. The van der Waals surface area contributed by atoms with Crippen LogP contribution in [0.5, 0.6) is 0 Å². The molecule has 0 aliphatic rings. The minimum absolute atomic E-state index is 0.205. The highest BCUT2D eigenvalue weighted by molar-refractivity contribution is 6.44. The summed E-state index contributed by atoms with van der Waals surface area (Å²) < 4.78 is 6.46. The molecule has 0 unspecified atom stereocenters. The van der Waals surface area contributed by atoms with Crippen molar-refractivity contribution in [3.8, 4) is 5.69 Å². The van der Waals surface area contributed by atoms with Gasteiger partial charge in [0.05, 0.1) is 27.9 Å². The van der Waals surface area contributed by atoms with Crippen LogP contribution in [-0.4, -0.2) is 28.3 Å². The quantitative estimate of drug-likeness (QED) is 0.631. The van der Waals surface area contributed by atoms with Crippen molar-refractivity contribution < 1.29 is 14.3 Å². The average molecular weight is 404 g/mol. The molecule has 1 amide bonds. The number of ether oxygens (including phenoxy) is 1. The maximum absolute atomic E-state index is 12.4. The number of anilines is 1. The number of amides is 1. The number of aromatic nitrogens is 2. The van der Waals surface area contributed by atoms with Crippen LogP contribution < -0.4 is 5.32 Å². The van der Waals surface area contributed by atoms with Gasteiger partial charge in [-0.2, -0.15) is 5.10 Å². The Morgan fingerprint density at radius 3 is 2.56 bits per heavy atom. The molecule has 1 N–H and O–H groups in total. The summed E-state index contributed by atoms with van der Waals surface area (Å²) in [6, 6.07) is 13.4. The van der Waals surface area contributed by atoms with E-state index in [2.05, 4.69) is 10.4 Å². The van der Waals surface area contributed by atoms with Crippen LogP contribution >= 0.6 is 23.2 Å². The summed E-state index contributed by atoms with van der Waals surface area (Å²) in [7, 11) is 0. The zero-order valence-corrected chi connectivity index (χ0v) is 15.8. The Hall–Kier alpha value is -2.83. The Morgan fingerprint density at radius 2 is 1.85 bits per heavy atom. The minimum Gasteiger partial charge on any atom is -0.461 e. The third kappa shape index (κ3) is 4.30. The molecule has 0 spiro atoms. The molecule has 27 heavy (non-hydrogen) atoms. The number of nitrogens with one attached hydrogen (secondary N) is 1. The molecule has 2 aromatic carbocycles. The van der Waals surface area contributed by atoms with Crippen LogP contribution in [0.1, 0.15) is 27.8 Å². The number of rotatable bonds is 5. The summed E-state index contributed by atoms with van der Waals surface area (Å²) in [6.45, 7) is 2.02. The SMILES string of the molecule is CCOC(=O)c1ccn(-c2ccc(NC(=O)c3cccc(Cl)c3Cl)cc2)n1. The van der Waals surface area contributed by atoms with E-state index >= 15 is 0 Å². The first-order valence-corrected chi connectivity index (χ1v) is 8.83. The maximum Gasteiger partial charge on any atom is 0.358 e. The van der Waals surface area contributed by atoms with Crippen molar-refractivity contribution in [2.24, 2.45) is 0 Å². The van der Waals surface area contributed by atoms with E-state index in [1.165, 1.54) is 0 Å². The van der Waals surface area contributed by atoms with Crippen molar-refractivity contribution in [1.29, 1.82) is 0 Å². The van der Waals surface area contributed by atoms with E-state index in [0.29, 0.717) is 16.3 Å². The summed E-state index contributed by atoms with van der Waals surface area (Å²) in [6.07, 6.45) is 1.66. The monoisotopic (exact) mass is 403 g/mol. The summed E-state index contributed by atoms with van der Waals surface area (Å²) >= 11 is 12.0. The van der Waals surface area contributed by atoms with Gasteiger partial charge in [-0.15, -0.1) is 0 Å². The molecule has 0 radical (unpaired) electrons. The van der Waals surface area contributed by atoms with Crippen molar-refractivity contribution in [2.75, 3.05) is 11.9 Å². The van der Waals surface area contributed by atoms with Crippen LogP contribution in [0.3, 0.4) is 0 Å². The predicted molar refractivity (Wildman–Crippen MR) is 104 cm³/mol. The normalized spacial score (nSPS) is 10.5. The van der Waals surface area contributed by atoms with Crippen molar-refractivity contribution in [2.45, 2.75) is 6.92 Å². The lowest BCUT2D eigenvalue weighted by atomic mass is 10.2. The average Bonchev–Trinajstić information content (AvgIpc) is 3.15. The molecule has 0 bridgehead atoms. The third-order valence-electron chi connectivity index (χ3n) is 3.66. The molecule has 1 aromatic heterocycles. The minimum atomic E-state index is -0.474. The number of hydrogen-bond donors (Lipinski definition) is 1. The van der Waals surface area contributed by atoms with Gasteiger partial charge in [0.15, 0.2) is 5.69 Å². The van der Waals surface area contributed by atoms with Crippen LogP contribution in [0.15, 0.2) is 54.7 Å². The molecule has 0 aliphatic carbocycles. The number of carbonyl (C=O) groups excluding carboxylic acids is 2. The number of hydrogen-bond acceptors (Lipinski definition) is 4. The van der Waals surface area contributed by atoms with Crippen molar-refractivity contribution in [3.63, 3.8) is 0 Å². The van der Waals surface area contributed by atoms with Gasteiger partial charge in [0, 0.05) is 11.9 Å². The molecule has 1 heterocycles. The summed E-state index contributed by atoms with van der Waals surface area (Å²) in [5, 5.41) is 7.46. The lowest BCUT2D eigenvalue weighted by Crippen LogP contribution is -2.12. The van der Waals surface area contributed by atoms with Crippen molar-refractivity contribution >= 4 is 40.8 Å². The van der Waals surface area contributed by atoms with Gasteiger partial charge in [-0.25, -0.2) is 9.48 Å². The summed E-state index contributed by atoms with van der Waals surface area (Å²) in [5.41, 5.74) is 1.83. The number of esters is 1. The molecule has 0 atom stereocenters. The van der Waals surface area contributed by atoms with Gasteiger partial charge in [0.2, 0.25) is 0 Å². The standard InChI is InChI=1S/C19H15Cl2N3O3/c1-2-27-19(26)16-10-11-24(23-16)13-8-6-12(7-9-13)22-18(25)14-4-3-5-15(20)17(14)21/h3-11H,2H2,1H3,(H,22,25). The second kappa shape index (κ2) is 8.24. The highest BCUT2D eigenvalue weighted by atomic mass is 35.5. The topological polar surface area (TPSA) is 73.2 Å². The molecule has 8 heteroatoms. The third-order valence-corrected chi connectivity index (χ3v) is 4.48. The fourth-order valence-electron chi connectivity index (χ4n) is 2.36. The van der Waals surface area contributed by atoms with E-state index in [9.17, 15) is 9.59 Å². The Labute approximate surface area is 165 Å². The first-order valence-electron chi connectivity index (χ1n) is 8.08. The molecule has 6 nitrogen and oxygen atoms in total. The number of nitrogens with zero attached hydrogens (tertiary/aromatic N) is 2. The second-order valence-corrected chi connectivity index (χ2v) is 6.25. The molecule has 0 aliphatic heterocycles. The fourth-order valence-corrected chi connectivity index (χ4v) is 2.74. The molecule has 0 fully saturated rings. The zero-order valence-electron chi connectivity index (χ0n) is 14.3. The Morgan fingerprint density at radius 1 is 1.11 bits per heavy atom. The van der Waals surface area contributed by atoms with Crippen LogP contribution in [0.2, 0.25) is 10.0 Å². The second-order valence-electron chi connectivity index (χ2n) is 5.47. The van der Waals surface area contributed by atoms with Crippen LogP contribution in [0.25, 0.3) is 5.69 Å². The Kier molecular flexibility index (Phi) is 5.78. The molecule has 3 rings (SSSR count). The molecule has 0 saturated carbocycles. The molecule has 138 valence electrons. The van der Waals surface area contributed by atoms with E-state index in [-0.39, 0.29) is 23.2 Å². The number of carbonyl (C=O) groups is 2. The lowest BCUT2D eigenvalue weighted by molar-refractivity contribution is 0.0519. The van der Waals surface area contributed by atoms with Gasteiger partial charge in [-0.3, -0.25) is 4.79 Å². The van der Waals surface area contributed by atoms with Crippen LogP contribution in [0, 0.1) is 0 Å².